The monoisotopic (exact) mass is 257 g/mol. The summed E-state index contributed by atoms with van der Waals surface area (Å²) in [4.78, 5) is 3.92. The number of thiophene rings is 1. The van der Waals surface area contributed by atoms with Crippen LogP contribution in [-0.2, 0) is 5.54 Å². The van der Waals surface area contributed by atoms with Crippen LogP contribution in [0.15, 0.2) is 42.5 Å². The molecule has 18 heavy (non-hydrogen) atoms. The molecule has 1 unspecified atom stereocenters. The van der Waals surface area contributed by atoms with E-state index in [2.05, 4.69) is 61.5 Å². The van der Waals surface area contributed by atoms with Crippen molar-refractivity contribution < 1.29 is 0 Å². The van der Waals surface area contributed by atoms with Crippen LogP contribution in [0.5, 0.6) is 0 Å². The Balaban J connectivity index is 2.12. The highest BCUT2D eigenvalue weighted by molar-refractivity contribution is 7.19. The predicted molar refractivity (Wildman–Crippen MR) is 80.2 cm³/mol. The molecule has 0 bridgehead atoms. The van der Waals surface area contributed by atoms with Gasteiger partial charge < -0.3 is 0 Å². The van der Waals surface area contributed by atoms with E-state index in [-0.39, 0.29) is 5.54 Å². The first kappa shape index (κ1) is 11.9. The van der Waals surface area contributed by atoms with E-state index in [0.717, 1.165) is 6.42 Å². The van der Waals surface area contributed by atoms with Crippen LogP contribution in [0, 0.1) is 0 Å². The minimum atomic E-state index is 0.207. The Labute approximate surface area is 113 Å². The molecule has 94 valence electrons. The molecule has 3 rings (SSSR count). The van der Waals surface area contributed by atoms with Gasteiger partial charge >= 0.3 is 0 Å². The summed E-state index contributed by atoms with van der Waals surface area (Å²) >= 11 is 1.96. The maximum atomic E-state index is 2.40. The van der Waals surface area contributed by atoms with Crippen LogP contribution in [-0.4, -0.2) is 19.0 Å². The summed E-state index contributed by atoms with van der Waals surface area (Å²) in [5, 5.41) is 1.38. The van der Waals surface area contributed by atoms with E-state index in [1.165, 1.54) is 27.8 Å². The zero-order valence-corrected chi connectivity index (χ0v) is 11.8. The molecule has 2 heteroatoms. The molecule has 0 N–H and O–H groups in total. The second kappa shape index (κ2) is 4.52. The lowest BCUT2D eigenvalue weighted by molar-refractivity contribution is 0.141. The summed E-state index contributed by atoms with van der Waals surface area (Å²) in [7, 11) is 4.42. The van der Waals surface area contributed by atoms with Gasteiger partial charge in [0.1, 0.15) is 0 Å². The lowest BCUT2D eigenvalue weighted by atomic mass is 9.83. The summed E-state index contributed by atoms with van der Waals surface area (Å²) in [5.74, 6) is 0. The van der Waals surface area contributed by atoms with Crippen molar-refractivity contribution in [2.24, 2.45) is 0 Å². The number of benzene rings is 1. The van der Waals surface area contributed by atoms with Gasteiger partial charge in [0.25, 0.3) is 0 Å². The van der Waals surface area contributed by atoms with Crippen molar-refractivity contribution >= 4 is 21.4 Å². The minimum absolute atomic E-state index is 0.207. The van der Waals surface area contributed by atoms with E-state index in [1.807, 2.05) is 11.3 Å². The predicted octanol–water partition coefficient (Wildman–Crippen LogP) is 4.40. The van der Waals surface area contributed by atoms with E-state index in [0.29, 0.717) is 0 Å². The van der Waals surface area contributed by atoms with E-state index in [4.69, 9.17) is 0 Å². The minimum Gasteiger partial charge on any atom is -0.299 e. The molecule has 1 aromatic carbocycles. The van der Waals surface area contributed by atoms with Gasteiger partial charge in [0.15, 0.2) is 0 Å². The molecule has 1 heterocycles. The molecule has 1 aliphatic carbocycles. The van der Waals surface area contributed by atoms with Gasteiger partial charge in [-0.1, -0.05) is 30.4 Å². The zero-order valence-electron chi connectivity index (χ0n) is 11.0. The molecular formula is C16H19NS. The number of allylic oxidation sites excluding steroid dienone is 1. The number of nitrogens with zero attached hydrogens (tertiary/aromatic N) is 1. The van der Waals surface area contributed by atoms with Crippen LogP contribution >= 0.6 is 11.3 Å². The molecule has 0 radical (unpaired) electrons. The maximum absolute atomic E-state index is 2.40. The fourth-order valence-corrected chi connectivity index (χ4v) is 4.25. The Bertz CT molecular complexity index is 549. The summed E-state index contributed by atoms with van der Waals surface area (Å²) in [6.45, 7) is 0. The average Bonchev–Trinajstić information content (AvgIpc) is 2.83. The summed E-state index contributed by atoms with van der Waals surface area (Å²) in [5.41, 5.74) is 0.207. The fraction of sp³-hybridized carbons (Fsp3) is 0.375. The third-order valence-electron chi connectivity index (χ3n) is 4.09. The molecule has 0 aliphatic heterocycles. The lowest BCUT2D eigenvalue weighted by Crippen LogP contribution is -2.41. The molecular weight excluding hydrogens is 238 g/mol. The first-order valence-electron chi connectivity index (χ1n) is 6.54. The van der Waals surface area contributed by atoms with Gasteiger partial charge in [-0.2, -0.15) is 0 Å². The number of rotatable bonds is 2. The van der Waals surface area contributed by atoms with Gasteiger partial charge in [-0.15, -0.1) is 11.3 Å². The first-order valence-corrected chi connectivity index (χ1v) is 7.35. The van der Waals surface area contributed by atoms with Crippen molar-refractivity contribution in [2.45, 2.75) is 24.8 Å². The lowest BCUT2D eigenvalue weighted by Gasteiger charge is -2.40. The standard InChI is InChI=1S/C16H19NS/c1-17(2)16(10-6-3-7-11-16)15-12-13-8-4-5-9-14(13)18-15/h3-6,8-9,12H,7,10-11H2,1-2H3. The van der Waals surface area contributed by atoms with Crippen LogP contribution in [0.3, 0.4) is 0 Å². The Morgan fingerprint density at radius 3 is 2.67 bits per heavy atom. The highest BCUT2D eigenvalue weighted by Gasteiger charge is 2.35. The molecule has 1 nitrogen and oxygen atoms in total. The van der Waals surface area contributed by atoms with E-state index >= 15 is 0 Å². The Morgan fingerprint density at radius 1 is 1.17 bits per heavy atom. The van der Waals surface area contributed by atoms with Crippen molar-refractivity contribution in [1.82, 2.24) is 4.90 Å². The van der Waals surface area contributed by atoms with Gasteiger partial charge in [0.05, 0.1) is 5.54 Å². The van der Waals surface area contributed by atoms with Gasteiger partial charge in [0.2, 0.25) is 0 Å². The van der Waals surface area contributed by atoms with Crippen LogP contribution in [0.4, 0.5) is 0 Å². The normalized spacial score (nSPS) is 23.9. The SMILES string of the molecule is CN(C)C1(c2cc3ccccc3s2)CC=CCC1. The summed E-state index contributed by atoms with van der Waals surface area (Å²) < 4.78 is 1.41. The number of hydrogen-bond donors (Lipinski definition) is 0. The topological polar surface area (TPSA) is 3.24 Å². The van der Waals surface area contributed by atoms with Crippen molar-refractivity contribution in [3.05, 3.63) is 47.4 Å². The molecule has 1 aromatic heterocycles. The van der Waals surface area contributed by atoms with Gasteiger partial charge in [0, 0.05) is 9.58 Å². The van der Waals surface area contributed by atoms with E-state index < -0.39 is 0 Å². The Kier molecular flexibility index (Phi) is 3.00. The Morgan fingerprint density at radius 2 is 2.00 bits per heavy atom. The largest absolute Gasteiger partial charge is 0.299 e. The summed E-state index contributed by atoms with van der Waals surface area (Å²) in [6.07, 6.45) is 8.20. The smallest absolute Gasteiger partial charge is 0.0586 e. The van der Waals surface area contributed by atoms with Crippen LogP contribution < -0.4 is 0 Å². The molecule has 0 saturated heterocycles. The fourth-order valence-electron chi connectivity index (χ4n) is 2.88. The molecule has 0 fully saturated rings. The van der Waals surface area contributed by atoms with Crippen LogP contribution in [0.25, 0.3) is 10.1 Å². The molecule has 0 saturated carbocycles. The zero-order chi connectivity index (χ0) is 12.6. The van der Waals surface area contributed by atoms with Crippen molar-refractivity contribution in [1.29, 1.82) is 0 Å². The molecule has 0 spiro atoms. The van der Waals surface area contributed by atoms with E-state index in [9.17, 15) is 0 Å². The number of hydrogen-bond acceptors (Lipinski definition) is 2. The molecule has 2 aromatic rings. The van der Waals surface area contributed by atoms with Crippen molar-refractivity contribution in [3.63, 3.8) is 0 Å². The van der Waals surface area contributed by atoms with Gasteiger partial charge in [-0.05, 0) is 50.9 Å². The molecule has 1 atom stereocenters. The summed E-state index contributed by atoms with van der Waals surface area (Å²) in [6, 6.07) is 11.1. The highest BCUT2D eigenvalue weighted by Crippen LogP contribution is 2.43. The first-order chi connectivity index (χ1) is 8.72. The second-order valence-corrected chi connectivity index (χ2v) is 6.37. The molecule has 0 amide bonds. The second-order valence-electron chi connectivity index (χ2n) is 5.29. The Hall–Kier alpha value is -1.12. The average molecular weight is 257 g/mol. The van der Waals surface area contributed by atoms with Crippen LogP contribution in [0.2, 0.25) is 0 Å². The van der Waals surface area contributed by atoms with Gasteiger partial charge in [-0.3, -0.25) is 4.90 Å². The van der Waals surface area contributed by atoms with E-state index in [1.54, 1.807) is 0 Å². The quantitative estimate of drug-likeness (QED) is 0.721. The maximum Gasteiger partial charge on any atom is 0.0586 e. The number of fused-ring (bicyclic) bond motifs is 1. The van der Waals surface area contributed by atoms with Gasteiger partial charge in [-0.25, -0.2) is 0 Å². The van der Waals surface area contributed by atoms with Crippen LogP contribution in [0.1, 0.15) is 24.1 Å². The van der Waals surface area contributed by atoms with Crippen molar-refractivity contribution in [3.8, 4) is 0 Å². The third-order valence-corrected chi connectivity index (χ3v) is 5.40. The van der Waals surface area contributed by atoms with Crippen molar-refractivity contribution in [2.75, 3.05) is 14.1 Å². The molecule has 1 aliphatic rings. The highest BCUT2D eigenvalue weighted by atomic mass is 32.1. The third kappa shape index (κ3) is 1.80.